The van der Waals surface area contributed by atoms with Gasteiger partial charge in [-0.2, -0.15) is 0 Å². The van der Waals surface area contributed by atoms with Crippen LogP contribution >= 0.6 is 7.60 Å². The van der Waals surface area contributed by atoms with Crippen molar-refractivity contribution in [2.75, 3.05) is 13.7 Å². The minimum Gasteiger partial charge on any atom is -0.333 e. The Balaban J connectivity index is -0.0000000315. The number of rotatable bonds is 0. The van der Waals surface area contributed by atoms with Crippen LogP contribution in [0.3, 0.4) is 0 Å². The van der Waals surface area contributed by atoms with E-state index in [9.17, 15) is 4.57 Å². The Labute approximate surface area is 62.9 Å². The van der Waals surface area contributed by atoms with Gasteiger partial charge >= 0.3 is 7.60 Å². The van der Waals surface area contributed by atoms with Crippen LogP contribution in [0.25, 0.3) is 0 Å². The van der Waals surface area contributed by atoms with Crippen molar-refractivity contribution < 1.29 is 14.4 Å². The van der Waals surface area contributed by atoms with Crippen LogP contribution in [0, 0.1) is 0 Å². The molecule has 0 spiro atoms. The van der Waals surface area contributed by atoms with Gasteiger partial charge in [-0.25, -0.2) is 0 Å². The normalized spacial score (nSPS) is 6.90. The predicted octanol–water partition coefficient (Wildman–Crippen LogP) is 0.807. The quantitative estimate of drug-likeness (QED) is 0.372. The van der Waals surface area contributed by atoms with Gasteiger partial charge in [-0.05, 0) is 7.05 Å². The average molecular weight is 171 g/mol. The van der Waals surface area contributed by atoms with Crippen molar-refractivity contribution in [1.29, 1.82) is 0 Å². The van der Waals surface area contributed by atoms with Gasteiger partial charge in [0.15, 0.2) is 0 Å². The summed E-state index contributed by atoms with van der Waals surface area (Å²) in [5, 5.41) is 0. The summed E-state index contributed by atoms with van der Waals surface area (Å²) in [6.45, 7) is 6.85. The maximum absolute atomic E-state index is 9.33. The molecule has 0 amide bonds. The zero-order valence-corrected chi connectivity index (χ0v) is 6.64. The van der Waals surface area contributed by atoms with Crippen LogP contribution in [0.1, 0.15) is 7.43 Å². The topological polar surface area (TPSA) is 83.6 Å². The van der Waals surface area contributed by atoms with E-state index in [1.807, 2.05) is 0 Å². The molecule has 0 radical (unpaired) electrons. The molecule has 0 heterocycles. The Morgan fingerprint density at radius 2 is 1.30 bits per heavy atom. The first-order valence-corrected chi connectivity index (χ1v) is 4.17. The van der Waals surface area contributed by atoms with E-state index in [0.717, 1.165) is 6.66 Å². The molecule has 0 aromatic carbocycles. The van der Waals surface area contributed by atoms with Crippen LogP contribution in [0.15, 0.2) is 13.2 Å². The van der Waals surface area contributed by atoms with Crippen molar-refractivity contribution in [1.82, 2.24) is 0 Å². The minimum absolute atomic E-state index is 0. The van der Waals surface area contributed by atoms with E-state index in [4.69, 9.17) is 9.79 Å². The van der Waals surface area contributed by atoms with Crippen LogP contribution < -0.4 is 5.73 Å². The third kappa shape index (κ3) is 16400. The first kappa shape index (κ1) is 22.5. The Morgan fingerprint density at radius 1 is 1.30 bits per heavy atom. The fourth-order valence-electron chi connectivity index (χ4n) is 0. The number of hydrogen-bond acceptors (Lipinski definition) is 2. The minimum atomic E-state index is -3.64. The molecule has 0 bridgehead atoms. The molecule has 0 unspecified atom stereocenters. The molecule has 10 heavy (non-hydrogen) atoms. The summed E-state index contributed by atoms with van der Waals surface area (Å²) >= 11 is 0. The number of nitrogens with two attached hydrogens (primary N) is 1. The zero-order valence-electron chi connectivity index (χ0n) is 5.74. The third-order valence-electron chi connectivity index (χ3n) is 0. The second-order valence-electron chi connectivity index (χ2n) is 0.835. The maximum atomic E-state index is 9.33. The summed E-state index contributed by atoms with van der Waals surface area (Å²) in [4.78, 5) is 15.3. The van der Waals surface area contributed by atoms with Gasteiger partial charge in [0.1, 0.15) is 0 Å². The molecule has 4 N–H and O–H groups in total. The van der Waals surface area contributed by atoms with E-state index in [0.29, 0.717) is 0 Å². The Bertz CT molecular complexity index is 72.7. The fraction of sp³-hybridized carbons (Fsp3) is 0.600. The van der Waals surface area contributed by atoms with Crippen molar-refractivity contribution in [2.24, 2.45) is 5.73 Å². The van der Waals surface area contributed by atoms with E-state index >= 15 is 0 Å². The summed E-state index contributed by atoms with van der Waals surface area (Å²) in [5.41, 5.74) is 4.50. The SMILES string of the molecule is C.C=C.CN.CP(=O)(O)O. The van der Waals surface area contributed by atoms with Crippen LogP contribution in [0.5, 0.6) is 0 Å². The van der Waals surface area contributed by atoms with Crippen molar-refractivity contribution in [3.8, 4) is 0 Å². The van der Waals surface area contributed by atoms with Gasteiger partial charge in [0.05, 0.1) is 0 Å². The molecule has 66 valence electrons. The predicted molar refractivity (Wildman–Crippen MR) is 46.1 cm³/mol. The number of hydrogen-bond donors (Lipinski definition) is 3. The standard InChI is InChI=1S/C2H4.CH5N.CH5O3P.CH4/c2*1-2;1-5(2,3)4;/h1-2H2;2H2,1H3;1H3,(H2,2,3,4);1H4. The first-order valence-electron chi connectivity index (χ1n) is 2.11. The van der Waals surface area contributed by atoms with Crippen molar-refractivity contribution >= 4 is 7.60 Å². The monoisotopic (exact) mass is 171 g/mol. The average Bonchev–Trinajstić information content (AvgIpc) is 1.72. The second kappa shape index (κ2) is 15.9. The van der Waals surface area contributed by atoms with Gasteiger partial charge in [-0.1, -0.05) is 7.43 Å². The summed E-state index contributed by atoms with van der Waals surface area (Å²) in [6.07, 6.45) is 0. The van der Waals surface area contributed by atoms with Gasteiger partial charge < -0.3 is 15.5 Å². The highest BCUT2D eigenvalue weighted by Crippen LogP contribution is 2.26. The van der Waals surface area contributed by atoms with Gasteiger partial charge in [0.2, 0.25) is 0 Å². The molecule has 5 heteroatoms. The van der Waals surface area contributed by atoms with Crippen molar-refractivity contribution in [3.05, 3.63) is 13.2 Å². The lowest BCUT2D eigenvalue weighted by Crippen LogP contribution is -1.69. The molecule has 0 saturated carbocycles. The van der Waals surface area contributed by atoms with Crippen molar-refractivity contribution in [3.63, 3.8) is 0 Å². The van der Waals surface area contributed by atoms with Gasteiger partial charge in [-0.3, -0.25) is 4.57 Å². The lowest BCUT2D eigenvalue weighted by atomic mass is 11.3. The molecule has 0 rings (SSSR count). The highest BCUT2D eigenvalue weighted by molar-refractivity contribution is 7.50. The van der Waals surface area contributed by atoms with Crippen LogP contribution in [0.2, 0.25) is 0 Å². The zero-order chi connectivity index (χ0) is 8.50. The highest BCUT2D eigenvalue weighted by atomic mass is 31.2. The molecule has 0 aliphatic rings. The molecule has 0 saturated heterocycles. The lowest BCUT2D eigenvalue weighted by molar-refractivity contribution is 0.381. The van der Waals surface area contributed by atoms with E-state index in [-0.39, 0.29) is 7.43 Å². The summed E-state index contributed by atoms with van der Waals surface area (Å²) in [6, 6.07) is 0. The van der Waals surface area contributed by atoms with E-state index < -0.39 is 7.60 Å². The largest absolute Gasteiger partial charge is 0.333 e. The molecular weight excluding hydrogens is 153 g/mol. The lowest BCUT2D eigenvalue weighted by Gasteiger charge is -1.84. The third-order valence-corrected chi connectivity index (χ3v) is 0. The first-order chi connectivity index (χ1) is 4.00. The van der Waals surface area contributed by atoms with Crippen LogP contribution in [-0.2, 0) is 4.57 Å². The van der Waals surface area contributed by atoms with Gasteiger partial charge in [0, 0.05) is 6.66 Å². The Hall–Kier alpha value is -0.150. The summed E-state index contributed by atoms with van der Waals surface area (Å²) in [5.74, 6) is 0. The Morgan fingerprint density at radius 3 is 1.30 bits per heavy atom. The summed E-state index contributed by atoms with van der Waals surface area (Å²) < 4.78 is 9.33. The van der Waals surface area contributed by atoms with Gasteiger partial charge in [-0.15, -0.1) is 13.2 Å². The molecule has 0 fully saturated rings. The smallest absolute Gasteiger partial charge is 0.322 e. The second-order valence-corrected chi connectivity index (χ2v) is 2.51. The molecule has 0 aromatic rings. The van der Waals surface area contributed by atoms with E-state index in [1.165, 1.54) is 7.05 Å². The highest BCUT2D eigenvalue weighted by Gasteiger charge is 1.95. The van der Waals surface area contributed by atoms with Crippen LogP contribution in [0.4, 0.5) is 0 Å². The maximum Gasteiger partial charge on any atom is 0.322 e. The van der Waals surface area contributed by atoms with Crippen LogP contribution in [-0.4, -0.2) is 23.5 Å². The van der Waals surface area contributed by atoms with Gasteiger partial charge in [0.25, 0.3) is 0 Å². The molecule has 0 aliphatic carbocycles. The Kier molecular flexibility index (Phi) is 35.9. The van der Waals surface area contributed by atoms with Crippen molar-refractivity contribution in [2.45, 2.75) is 7.43 Å². The molecule has 0 aliphatic heterocycles. The molecular formula is C5H18NO3P. The molecule has 0 atom stereocenters. The van der Waals surface area contributed by atoms with E-state index in [2.05, 4.69) is 18.9 Å². The molecule has 0 aromatic heterocycles. The fourth-order valence-corrected chi connectivity index (χ4v) is 0. The van der Waals surface area contributed by atoms with E-state index in [1.54, 1.807) is 0 Å². The molecule has 4 nitrogen and oxygen atoms in total. The summed E-state index contributed by atoms with van der Waals surface area (Å²) in [7, 11) is -2.14.